The molecule has 1 heterocycles. The summed E-state index contributed by atoms with van der Waals surface area (Å²) in [5.74, 6) is 1.55. The topological polar surface area (TPSA) is 53.8 Å². The lowest BCUT2D eigenvalue weighted by Gasteiger charge is -2.31. The molecule has 0 spiro atoms. The van der Waals surface area contributed by atoms with Crippen molar-refractivity contribution in [2.45, 2.75) is 59.5 Å². The lowest BCUT2D eigenvalue weighted by molar-refractivity contribution is -0.142. The molecule has 0 saturated heterocycles. The van der Waals surface area contributed by atoms with Crippen LogP contribution in [-0.4, -0.2) is 40.7 Å². The van der Waals surface area contributed by atoms with Crippen molar-refractivity contribution in [1.29, 1.82) is 0 Å². The quantitative estimate of drug-likeness (QED) is 0.617. The number of aryl methyl sites for hydroxylation is 1. The van der Waals surface area contributed by atoms with E-state index in [0.29, 0.717) is 19.5 Å². The maximum Gasteiger partial charge on any atom is 0.242 e. The lowest BCUT2D eigenvalue weighted by atomic mass is 10.1. The monoisotopic (exact) mass is 384 g/mol. The van der Waals surface area contributed by atoms with Gasteiger partial charge in [0.25, 0.3) is 0 Å². The summed E-state index contributed by atoms with van der Waals surface area (Å²) in [5.41, 5.74) is 1.18. The van der Waals surface area contributed by atoms with Crippen LogP contribution in [-0.2, 0) is 22.6 Å². The highest BCUT2D eigenvalue weighted by Gasteiger charge is 2.24. The maximum atomic E-state index is 13.1. The highest BCUT2D eigenvalue weighted by atomic mass is 16.3. The van der Waals surface area contributed by atoms with Gasteiger partial charge in [-0.15, -0.1) is 0 Å². The zero-order valence-electron chi connectivity index (χ0n) is 17.5. The summed E-state index contributed by atoms with van der Waals surface area (Å²) in [6.07, 6.45) is 1.98. The fourth-order valence-corrected chi connectivity index (χ4v) is 3.12. The van der Waals surface area contributed by atoms with E-state index in [1.54, 1.807) is 9.80 Å². The molecule has 1 aromatic carbocycles. The summed E-state index contributed by atoms with van der Waals surface area (Å²) in [6.45, 7) is 8.85. The molecular formula is C23H32N2O3. The Morgan fingerprint density at radius 1 is 1.04 bits per heavy atom. The van der Waals surface area contributed by atoms with Gasteiger partial charge < -0.3 is 14.2 Å². The first-order valence-corrected chi connectivity index (χ1v) is 10.1. The van der Waals surface area contributed by atoms with Crippen molar-refractivity contribution in [3.63, 3.8) is 0 Å². The Bertz CT molecular complexity index is 754. The summed E-state index contributed by atoms with van der Waals surface area (Å²) >= 11 is 0. The Balaban J connectivity index is 2.13. The van der Waals surface area contributed by atoms with Crippen LogP contribution in [0.1, 0.15) is 50.7 Å². The van der Waals surface area contributed by atoms with Gasteiger partial charge in [-0.3, -0.25) is 9.59 Å². The maximum absolute atomic E-state index is 13.1. The van der Waals surface area contributed by atoms with Crippen molar-refractivity contribution in [3.8, 4) is 0 Å². The van der Waals surface area contributed by atoms with Crippen LogP contribution in [0.3, 0.4) is 0 Å². The lowest BCUT2D eigenvalue weighted by Crippen LogP contribution is -2.46. The second kappa shape index (κ2) is 10.7. The van der Waals surface area contributed by atoms with Gasteiger partial charge in [0.05, 0.1) is 6.54 Å². The minimum Gasteiger partial charge on any atom is -0.464 e. The Morgan fingerprint density at radius 2 is 1.75 bits per heavy atom. The largest absolute Gasteiger partial charge is 0.464 e. The Morgan fingerprint density at radius 3 is 2.32 bits per heavy atom. The molecule has 1 aromatic heterocycles. The van der Waals surface area contributed by atoms with E-state index in [1.165, 1.54) is 5.56 Å². The number of hydrogen-bond donors (Lipinski definition) is 0. The Kier molecular flexibility index (Phi) is 8.30. The average molecular weight is 385 g/mol. The van der Waals surface area contributed by atoms with Crippen LogP contribution in [0.5, 0.6) is 0 Å². The second-order valence-corrected chi connectivity index (χ2v) is 7.20. The third-order valence-electron chi connectivity index (χ3n) is 5.06. The zero-order valence-corrected chi connectivity index (χ0v) is 17.5. The van der Waals surface area contributed by atoms with E-state index in [4.69, 9.17) is 4.42 Å². The molecule has 28 heavy (non-hydrogen) atoms. The van der Waals surface area contributed by atoms with Gasteiger partial charge in [0, 0.05) is 19.0 Å². The van der Waals surface area contributed by atoms with Crippen molar-refractivity contribution in [1.82, 2.24) is 9.80 Å². The Hall–Kier alpha value is -2.56. The molecule has 0 aliphatic rings. The molecule has 2 aromatic rings. The number of rotatable bonds is 10. The molecule has 0 fully saturated rings. The van der Waals surface area contributed by atoms with E-state index in [1.807, 2.05) is 58.0 Å². The van der Waals surface area contributed by atoms with Gasteiger partial charge in [-0.2, -0.15) is 0 Å². The molecular weight excluding hydrogens is 352 g/mol. The predicted octanol–water partition coefficient (Wildman–Crippen LogP) is 4.20. The van der Waals surface area contributed by atoms with Crippen molar-refractivity contribution in [2.24, 2.45) is 0 Å². The fraction of sp³-hybridized carbons (Fsp3) is 0.478. The van der Waals surface area contributed by atoms with E-state index in [2.05, 4.69) is 12.1 Å². The van der Waals surface area contributed by atoms with Gasteiger partial charge in [-0.25, -0.2) is 0 Å². The second-order valence-electron chi connectivity index (χ2n) is 7.20. The highest BCUT2D eigenvalue weighted by molar-refractivity contribution is 5.85. The molecule has 0 unspecified atom stereocenters. The minimum absolute atomic E-state index is 0.0135. The van der Waals surface area contributed by atoms with Crippen molar-refractivity contribution >= 4 is 11.8 Å². The van der Waals surface area contributed by atoms with Crippen LogP contribution in [0.2, 0.25) is 0 Å². The smallest absolute Gasteiger partial charge is 0.242 e. The average Bonchev–Trinajstić information content (AvgIpc) is 3.13. The number of amides is 2. The summed E-state index contributed by atoms with van der Waals surface area (Å²) < 4.78 is 5.68. The van der Waals surface area contributed by atoms with Crippen molar-refractivity contribution < 1.29 is 14.0 Å². The van der Waals surface area contributed by atoms with Crippen LogP contribution in [0, 0.1) is 6.92 Å². The molecule has 5 heteroatoms. The molecule has 0 N–H and O–H groups in total. The van der Waals surface area contributed by atoms with Crippen LogP contribution < -0.4 is 0 Å². The molecule has 0 saturated carbocycles. The summed E-state index contributed by atoms with van der Waals surface area (Å²) in [5, 5.41) is 0. The molecule has 1 atom stereocenters. The molecule has 0 aliphatic carbocycles. The van der Waals surface area contributed by atoms with Gasteiger partial charge in [-0.05, 0) is 44.4 Å². The highest BCUT2D eigenvalue weighted by Crippen LogP contribution is 2.13. The van der Waals surface area contributed by atoms with Gasteiger partial charge in [0.15, 0.2) is 0 Å². The molecule has 0 radical (unpaired) electrons. The Labute approximate surface area is 168 Å². The molecule has 2 rings (SSSR count). The third kappa shape index (κ3) is 6.25. The summed E-state index contributed by atoms with van der Waals surface area (Å²) in [7, 11) is 0. The van der Waals surface area contributed by atoms with Crippen LogP contribution >= 0.6 is 0 Å². The van der Waals surface area contributed by atoms with E-state index in [9.17, 15) is 9.59 Å². The summed E-state index contributed by atoms with van der Waals surface area (Å²) in [6, 6.07) is 14.0. The van der Waals surface area contributed by atoms with E-state index in [0.717, 1.165) is 24.4 Å². The predicted molar refractivity (Wildman–Crippen MR) is 111 cm³/mol. The number of furan rings is 1. The first kappa shape index (κ1) is 21.7. The van der Waals surface area contributed by atoms with Crippen molar-refractivity contribution in [3.05, 3.63) is 59.5 Å². The van der Waals surface area contributed by atoms with Gasteiger partial charge >= 0.3 is 0 Å². The number of carbonyl (C=O) groups is 2. The normalized spacial score (nSPS) is 11.9. The molecule has 2 amide bonds. The van der Waals surface area contributed by atoms with E-state index >= 15 is 0 Å². The zero-order chi connectivity index (χ0) is 20.5. The molecule has 5 nitrogen and oxygen atoms in total. The molecule has 0 aliphatic heterocycles. The standard InChI is InChI=1S/C23H32N2O3/c1-5-18(3)25(22(26)6-2)17-23(27)24(16-21-13-12-19(4)28-21)15-14-20-10-8-7-9-11-20/h7-13,18H,5-6,14-17H2,1-4H3/t18-/m0/s1. The summed E-state index contributed by atoms with van der Waals surface area (Å²) in [4.78, 5) is 29.0. The minimum atomic E-state index is -0.0490. The van der Waals surface area contributed by atoms with E-state index < -0.39 is 0 Å². The number of hydrogen-bond acceptors (Lipinski definition) is 3. The van der Waals surface area contributed by atoms with Gasteiger partial charge in [0.2, 0.25) is 11.8 Å². The third-order valence-corrected chi connectivity index (χ3v) is 5.06. The number of carbonyl (C=O) groups excluding carboxylic acids is 2. The molecule has 0 bridgehead atoms. The molecule has 152 valence electrons. The van der Waals surface area contributed by atoms with Crippen LogP contribution in [0.15, 0.2) is 46.9 Å². The van der Waals surface area contributed by atoms with Crippen LogP contribution in [0.25, 0.3) is 0 Å². The fourth-order valence-electron chi connectivity index (χ4n) is 3.12. The number of nitrogens with zero attached hydrogens (tertiary/aromatic N) is 2. The number of benzene rings is 1. The van der Waals surface area contributed by atoms with Crippen LogP contribution in [0.4, 0.5) is 0 Å². The SMILES string of the molecule is CCC(=O)N(CC(=O)N(CCc1ccccc1)Cc1ccc(C)o1)[C@@H](C)CC. The first-order valence-electron chi connectivity index (χ1n) is 10.1. The first-order chi connectivity index (χ1) is 13.4. The van der Waals surface area contributed by atoms with Crippen molar-refractivity contribution in [2.75, 3.05) is 13.1 Å². The van der Waals surface area contributed by atoms with E-state index in [-0.39, 0.29) is 24.4 Å². The van der Waals surface area contributed by atoms with Gasteiger partial charge in [0.1, 0.15) is 18.1 Å². The van der Waals surface area contributed by atoms with Gasteiger partial charge in [-0.1, -0.05) is 44.2 Å².